The fourth-order valence-corrected chi connectivity index (χ4v) is 3.67. The second-order valence-electron chi connectivity index (χ2n) is 5.03. The first-order chi connectivity index (χ1) is 11.6. The molecule has 1 amide bonds. The van der Waals surface area contributed by atoms with Gasteiger partial charge >= 0.3 is 0 Å². The van der Waals surface area contributed by atoms with Gasteiger partial charge in [0.25, 0.3) is 5.91 Å². The van der Waals surface area contributed by atoms with E-state index in [-0.39, 0.29) is 5.91 Å². The minimum Gasteiger partial charge on any atom is -0.287 e. The van der Waals surface area contributed by atoms with Gasteiger partial charge in [-0.1, -0.05) is 53.5 Å². The molecule has 0 bridgehead atoms. The van der Waals surface area contributed by atoms with E-state index < -0.39 is 0 Å². The minimum absolute atomic E-state index is 0.0757. The summed E-state index contributed by atoms with van der Waals surface area (Å²) in [5.74, 6) is -0.0757. The molecule has 0 radical (unpaired) electrons. The SMILES string of the molecule is CCN1C(=O)/C(=C\c2cccc(Cl)c2Cl)SC1=Nc1ccccc1. The van der Waals surface area contributed by atoms with Crippen molar-refractivity contribution in [1.29, 1.82) is 0 Å². The molecule has 1 heterocycles. The molecule has 3 rings (SSSR count). The molecule has 0 N–H and O–H groups in total. The molecular formula is C18H14Cl2N2OS. The Labute approximate surface area is 155 Å². The Balaban J connectivity index is 1.97. The van der Waals surface area contributed by atoms with Crippen LogP contribution in [-0.4, -0.2) is 22.5 Å². The van der Waals surface area contributed by atoms with Crippen LogP contribution in [0.2, 0.25) is 10.0 Å². The largest absolute Gasteiger partial charge is 0.287 e. The van der Waals surface area contributed by atoms with Crippen molar-refractivity contribution in [1.82, 2.24) is 4.90 Å². The Morgan fingerprint density at radius 1 is 1.12 bits per heavy atom. The number of carbonyl (C=O) groups excluding carboxylic acids is 1. The van der Waals surface area contributed by atoms with Gasteiger partial charge in [-0.15, -0.1) is 0 Å². The van der Waals surface area contributed by atoms with Crippen molar-refractivity contribution in [3.8, 4) is 0 Å². The molecule has 2 aromatic carbocycles. The van der Waals surface area contributed by atoms with Crippen molar-refractivity contribution >= 4 is 57.8 Å². The zero-order chi connectivity index (χ0) is 17.1. The van der Waals surface area contributed by atoms with Crippen LogP contribution in [0.15, 0.2) is 58.4 Å². The summed E-state index contributed by atoms with van der Waals surface area (Å²) >= 11 is 13.6. The van der Waals surface area contributed by atoms with Gasteiger partial charge in [0.1, 0.15) is 0 Å². The molecule has 0 unspecified atom stereocenters. The Bertz CT molecular complexity index is 834. The molecule has 24 heavy (non-hydrogen) atoms. The summed E-state index contributed by atoms with van der Waals surface area (Å²) in [5, 5.41) is 1.57. The van der Waals surface area contributed by atoms with Crippen LogP contribution in [-0.2, 0) is 4.79 Å². The molecule has 1 aliphatic rings. The number of hydrogen-bond acceptors (Lipinski definition) is 3. The highest BCUT2D eigenvalue weighted by molar-refractivity contribution is 8.18. The third kappa shape index (κ3) is 3.51. The lowest BCUT2D eigenvalue weighted by Gasteiger charge is -2.11. The summed E-state index contributed by atoms with van der Waals surface area (Å²) in [6.45, 7) is 2.48. The molecule has 1 fully saturated rings. The van der Waals surface area contributed by atoms with E-state index in [9.17, 15) is 4.79 Å². The number of benzene rings is 2. The maximum Gasteiger partial charge on any atom is 0.266 e. The second-order valence-corrected chi connectivity index (χ2v) is 6.83. The summed E-state index contributed by atoms with van der Waals surface area (Å²) in [4.78, 5) is 19.4. The molecule has 6 heteroatoms. The highest BCUT2D eigenvalue weighted by atomic mass is 35.5. The number of amides is 1. The summed E-state index contributed by atoms with van der Waals surface area (Å²) in [5.41, 5.74) is 1.53. The van der Waals surface area contributed by atoms with Crippen molar-refractivity contribution in [3.05, 3.63) is 69.0 Å². The number of rotatable bonds is 3. The maximum atomic E-state index is 12.6. The molecule has 0 aromatic heterocycles. The topological polar surface area (TPSA) is 32.7 Å². The van der Waals surface area contributed by atoms with Gasteiger partial charge in [0, 0.05) is 6.54 Å². The summed E-state index contributed by atoms with van der Waals surface area (Å²) in [6, 6.07) is 14.9. The molecule has 0 atom stereocenters. The maximum absolute atomic E-state index is 12.6. The van der Waals surface area contributed by atoms with E-state index in [0.717, 1.165) is 11.3 Å². The number of hydrogen-bond donors (Lipinski definition) is 0. The van der Waals surface area contributed by atoms with Gasteiger partial charge in [-0.3, -0.25) is 9.69 Å². The highest BCUT2D eigenvalue weighted by Crippen LogP contribution is 2.36. The van der Waals surface area contributed by atoms with Gasteiger partial charge in [0.2, 0.25) is 0 Å². The smallest absolute Gasteiger partial charge is 0.266 e. The lowest BCUT2D eigenvalue weighted by molar-refractivity contribution is -0.122. The number of carbonyl (C=O) groups is 1. The van der Waals surface area contributed by atoms with Gasteiger partial charge in [-0.05, 0) is 48.5 Å². The first-order valence-electron chi connectivity index (χ1n) is 7.39. The van der Waals surface area contributed by atoms with Gasteiger partial charge in [-0.25, -0.2) is 4.99 Å². The van der Waals surface area contributed by atoms with Gasteiger partial charge in [-0.2, -0.15) is 0 Å². The molecule has 1 aliphatic heterocycles. The summed E-state index contributed by atoms with van der Waals surface area (Å²) in [6.07, 6.45) is 1.76. The van der Waals surface area contributed by atoms with Gasteiger partial charge in [0.15, 0.2) is 5.17 Å². The Hall–Kier alpha value is -1.75. The first-order valence-corrected chi connectivity index (χ1v) is 8.96. The average Bonchev–Trinajstić information content (AvgIpc) is 2.87. The zero-order valence-electron chi connectivity index (χ0n) is 12.9. The Morgan fingerprint density at radius 3 is 2.58 bits per heavy atom. The fraction of sp³-hybridized carbons (Fsp3) is 0.111. The lowest BCUT2D eigenvalue weighted by Crippen LogP contribution is -2.28. The molecule has 0 saturated carbocycles. The molecule has 0 spiro atoms. The van der Waals surface area contributed by atoms with Crippen molar-refractivity contribution in [3.63, 3.8) is 0 Å². The van der Waals surface area contributed by atoms with E-state index >= 15 is 0 Å². The monoisotopic (exact) mass is 376 g/mol. The Morgan fingerprint density at radius 2 is 1.88 bits per heavy atom. The van der Waals surface area contributed by atoms with E-state index in [1.165, 1.54) is 11.8 Å². The number of thioether (sulfide) groups is 1. The lowest BCUT2D eigenvalue weighted by atomic mass is 10.2. The molecule has 2 aromatic rings. The van der Waals surface area contributed by atoms with Crippen LogP contribution >= 0.6 is 35.0 Å². The average molecular weight is 377 g/mol. The molecule has 0 aliphatic carbocycles. The number of amidine groups is 1. The standard InChI is InChI=1S/C18H14Cl2N2OS/c1-2-22-17(23)15(11-12-7-6-10-14(19)16(12)20)24-18(22)21-13-8-4-3-5-9-13/h3-11H,2H2,1H3/b15-11+,21-18?. The van der Waals surface area contributed by atoms with Crippen LogP contribution in [0.5, 0.6) is 0 Å². The van der Waals surface area contributed by atoms with Crippen LogP contribution in [0.1, 0.15) is 12.5 Å². The number of likely N-dealkylation sites (N-methyl/N-ethyl adjacent to an activating group) is 1. The predicted molar refractivity (Wildman–Crippen MR) is 103 cm³/mol. The van der Waals surface area contributed by atoms with Crippen molar-refractivity contribution in [2.24, 2.45) is 4.99 Å². The van der Waals surface area contributed by atoms with E-state index in [2.05, 4.69) is 4.99 Å². The summed E-state index contributed by atoms with van der Waals surface area (Å²) < 4.78 is 0. The van der Waals surface area contributed by atoms with Crippen molar-refractivity contribution < 1.29 is 4.79 Å². The third-order valence-electron chi connectivity index (χ3n) is 3.45. The second kappa shape index (κ2) is 7.43. The van der Waals surface area contributed by atoms with Crippen LogP contribution in [0.25, 0.3) is 6.08 Å². The molecule has 1 saturated heterocycles. The number of aliphatic imine (C=N–C) groups is 1. The van der Waals surface area contributed by atoms with Crippen LogP contribution in [0.3, 0.4) is 0 Å². The molecule has 3 nitrogen and oxygen atoms in total. The van der Waals surface area contributed by atoms with Crippen LogP contribution in [0.4, 0.5) is 5.69 Å². The zero-order valence-corrected chi connectivity index (χ0v) is 15.2. The van der Waals surface area contributed by atoms with Gasteiger partial charge in [0.05, 0.1) is 20.6 Å². The van der Waals surface area contributed by atoms with E-state index in [1.807, 2.05) is 43.3 Å². The van der Waals surface area contributed by atoms with Gasteiger partial charge < -0.3 is 0 Å². The first kappa shape index (κ1) is 17.1. The quantitative estimate of drug-likeness (QED) is 0.651. The van der Waals surface area contributed by atoms with E-state index in [0.29, 0.717) is 26.7 Å². The van der Waals surface area contributed by atoms with E-state index in [1.54, 1.807) is 23.1 Å². The normalized spacial score (nSPS) is 18.0. The number of halogens is 2. The third-order valence-corrected chi connectivity index (χ3v) is 5.29. The minimum atomic E-state index is -0.0757. The fourth-order valence-electron chi connectivity index (χ4n) is 2.26. The number of nitrogens with zero attached hydrogens (tertiary/aromatic N) is 2. The Kier molecular flexibility index (Phi) is 5.29. The van der Waals surface area contributed by atoms with Crippen molar-refractivity contribution in [2.75, 3.05) is 6.54 Å². The molecular weight excluding hydrogens is 363 g/mol. The van der Waals surface area contributed by atoms with Crippen LogP contribution in [0, 0.1) is 0 Å². The van der Waals surface area contributed by atoms with E-state index in [4.69, 9.17) is 23.2 Å². The number of para-hydroxylation sites is 1. The van der Waals surface area contributed by atoms with Crippen molar-refractivity contribution in [2.45, 2.75) is 6.92 Å². The van der Waals surface area contributed by atoms with Crippen LogP contribution < -0.4 is 0 Å². The summed E-state index contributed by atoms with van der Waals surface area (Å²) in [7, 11) is 0. The highest BCUT2D eigenvalue weighted by Gasteiger charge is 2.32. The predicted octanol–water partition coefficient (Wildman–Crippen LogP) is 5.62. The molecule has 122 valence electrons.